The Balaban J connectivity index is 2.25. The molecule has 1 rings (SSSR count). The quantitative estimate of drug-likeness (QED) is 0.659. The van der Waals surface area contributed by atoms with Gasteiger partial charge in [-0.2, -0.15) is 0 Å². The minimum absolute atomic E-state index is 0.233. The Bertz CT molecular complexity index is 192. The highest BCUT2D eigenvalue weighted by atomic mass is 16.3. The average molecular weight is 170 g/mol. The van der Waals surface area contributed by atoms with Crippen molar-refractivity contribution in [3.05, 3.63) is 24.2 Å². The normalized spacial score (nSPS) is 13.2. The maximum atomic E-state index is 8.89. The molecule has 1 aromatic rings. The van der Waals surface area contributed by atoms with E-state index in [2.05, 4.69) is 12.2 Å². The fourth-order valence-electron chi connectivity index (χ4n) is 1.08. The van der Waals surface area contributed by atoms with Crippen molar-refractivity contribution in [2.24, 2.45) is 0 Å². The van der Waals surface area contributed by atoms with Crippen LogP contribution < -0.4 is 5.32 Å². The Hall–Kier alpha value is -0.800. The molecule has 1 aromatic heterocycles. The van der Waals surface area contributed by atoms with E-state index in [1.54, 1.807) is 6.26 Å². The molecule has 0 fully saturated rings. The van der Waals surface area contributed by atoms with Crippen LogP contribution in [0.5, 0.6) is 0 Å². The van der Waals surface area contributed by atoms with Crippen molar-refractivity contribution in [1.29, 1.82) is 0 Å². The van der Waals surface area contributed by atoms with E-state index >= 15 is 0 Å². The summed E-state index contributed by atoms with van der Waals surface area (Å²) in [6, 6.07) is 4.12. The van der Waals surface area contributed by atoms with E-state index in [0.717, 1.165) is 18.7 Å². The largest absolute Gasteiger partial charge is 0.463 e. The predicted octanol–water partition coefficient (Wildman–Crippen LogP) is 0.114. The summed E-state index contributed by atoms with van der Waals surface area (Å²) in [6.07, 6.45) is 2.65. The summed E-state index contributed by atoms with van der Waals surface area (Å²) in [5.41, 5.74) is 0. The molecule has 0 radical (unpaired) electrons. The Labute approximate surface area is 72.4 Å². The van der Waals surface area contributed by atoms with Crippen LogP contribution in [0.4, 0.5) is 0 Å². The number of aliphatic hydroxyl groups excluding tert-OH is 1. The molecular formula is C9H16NO2+. The van der Waals surface area contributed by atoms with Crippen LogP contribution in [-0.4, -0.2) is 17.8 Å². The van der Waals surface area contributed by atoms with E-state index in [1.807, 2.05) is 12.1 Å². The van der Waals surface area contributed by atoms with Gasteiger partial charge in [-0.1, -0.05) is 6.92 Å². The minimum Gasteiger partial charge on any atom is -0.463 e. The number of aliphatic hydroxyl groups is 1. The predicted molar refractivity (Wildman–Crippen MR) is 45.5 cm³/mol. The summed E-state index contributed by atoms with van der Waals surface area (Å²) in [7, 11) is 0. The zero-order valence-electron chi connectivity index (χ0n) is 7.36. The molecule has 0 saturated heterocycles. The van der Waals surface area contributed by atoms with E-state index in [9.17, 15) is 0 Å². The standard InChI is InChI=1S/C9H15NO2/c1-2-8(7-11)10-6-9-4-3-5-12-9/h3-5,8,10-11H,2,6-7H2,1H3/p+1/t8-/m0/s1. The molecule has 3 N–H and O–H groups in total. The van der Waals surface area contributed by atoms with Gasteiger partial charge in [0.2, 0.25) is 0 Å². The summed E-state index contributed by atoms with van der Waals surface area (Å²) < 4.78 is 5.16. The van der Waals surface area contributed by atoms with Crippen LogP contribution in [0, 0.1) is 0 Å². The van der Waals surface area contributed by atoms with Crippen molar-refractivity contribution in [2.75, 3.05) is 6.61 Å². The molecule has 12 heavy (non-hydrogen) atoms. The fourth-order valence-corrected chi connectivity index (χ4v) is 1.08. The fraction of sp³-hybridized carbons (Fsp3) is 0.556. The van der Waals surface area contributed by atoms with Crippen molar-refractivity contribution >= 4 is 0 Å². The van der Waals surface area contributed by atoms with Crippen LogP contribution >= 0.6 is 0 Å². The third-order valence-corrected chi connectivity index (χ3v) is 1.99. The minimum atomic E-state index is 0.233. The van der Waals surface area contributed by atoms with Crippen LogP contribution in [0.15, 0.2) is 22.8 Å². The maximum Gasteiger partial charge on any atom is 0.157 e. The third-order valence-electron chi connectivity index (χ3n) is 1.99. The van der Waals surface area contributed by atoms with Crippen molar-refractivity contribution in [1.82, 2.24) is 0 Å². The highest BCUT2D eigenvalue weighted by molar-refractivity contribution is 4.95. The number of quaternary nitrogens is 1. The molecule has 3 nitrogen and oxygen atoms in total. The van der Waals surface area contributed by atoms with E-state index in [1.165, 1.54) is 0 Å². The smallest absolute Gasteiger partial charge is 0.157 e. The van der Waals surface area contributed by atoms with Gasteiger partial charge in [0.05, 0.1) is 12.9 Å². The highest BCUT2D eigenvalue weighted by Gasteiger charge is 2.07. The van der Waals surface area contributed by atoms with Crippen molar-refractivity contribution < 1.29 is 14.8 Å². The molecule has 3 heteroatoms. The summed E-state index contributed by atoms with van der Waals surface area (Å²) in [4.78, 5) is 0. The summed E-state index contributed by atoms with van der Waals surface area (Å²) in [5, 5.41) is 11.0. The second-order valence-corrected chi connectivity index (χ2v) is 2.87. The van der Waals surface area contributed by atoms with Gasteiger partial charge in [0.1, 0.15) is 12.6 Å². The lowest BCUT2D eigenvalue weighted by atomic mass is 10.2. The molecule has 0 aliphatic heterocycles. The molecule has 1 heterocycles. The number of furan rings is 1. The van der Waals surface area contributed by atoms with Crippen LogP contribution in [0.3, 0.4) is 0 Å². The lowest BCUT2D eigenvalue weighted by molar-refractivity contribution is -0.707. The molecule has 0 aliphatic carbocycles. The Kier molecular flexibility index (Phi) is 3.84. The first-order chi connectivity index (χ1) is 5.86. The van der Waals surface area contributed by atoms with Crippen molar-refractivity contribution in [3.63, 3.8) is 0 Å². The van der Waals surface area contributed by atoms with E-state index in [0.29, 0.717) is 6.04 Å². The van der Waals surface area contributed by atoms with Gasteiger partial charge in [-0.05, 0) is 18.6 Å². The SMILES string of the molecule is CC[C@@H](CO)[NH2+]Cc1ccco1. The summed E-state index contributed by atoms with van der Waals surface area (Å²) >= 11 is 0. The van der Waals surface area contributed by atoms with Crippen LogP contribution in [-0.2, 0) is 6.54 Å². The van der Waals surface area contributed by atoms with Crippen molar-refractivity contribution in [2.45, 2.75) is 25.9 Å². The molecule has 0 saturated carbocycles. The lowest BCUT2D eigenvalue weighted by Crippen LogP contribution is -2.89. The average Bonchev–Trinajstić information content (AvgIpc) is 2.59. The molecule has 0 aromatic carbocycles. The molecule has 0 spiro atoms. The van der Waals surface area contributed by atoms with Gasteiger partial charge in [-0.25, -0.2) is 0 Å². The van der Waals surface area contributed by atoms with Gasteiger partial charge in [0, 0.05) is 0 Å². The second kappa shape index (κ2) is 4.95. The molecule has 0 aliphatic rings. The Morgan fingerprint density at radius 1 is 1.67 bits per heavy atom. The number of hydrogen-bond donors (Lipinski definition) is 2. The molecular weight excluding hydrogens is 154 g/mol. The maximum absolute atomic E-state index is 8.89. The number of hydrogen-bond acceptors (Lipinski definition) is 2. The van der Waals surface area contributed by atoms with Crippen LogP contribution in [0.25, 0.3) is 0 Å². The molecule has 1 atom stereocenters. The molecule has 68 valence electrons. The van der Waals surface area contributed by atoms with Gasteiger partial charge in [-0.3, -0.25) is 0 Å². The van der Waals surface area contributed by atoms with Gasteiger partial charge in [0.25, 0.3) is 0 Å². The van der Waals surface area contributed by atoms with E-state index in [4.69, 9.17) is 9.52 Å². The zero-order valence-corrected chi connectivity index (χ0v) is 7.36. The van der Waals surface area contributed by atoms with Crippen LogP contribution in [0.1, 0.15) is 19.1 Å². The van der Waals surface area contributed by atoms with Gasteiger partial charge < -0.3 is 14.8 Å². The number of rotatable bonds is 5. The molecule has 0 bridgehead atoms. The van der Waals surface area contributed by atoms with Crippen LogP contribution in [0.2, 0.25) is 0 Å². The first kappa shape index (κ1) is 9.29. The highest BCUT2D eigenvalue weighted by Crippen LogP contribution is 1.96. The topological polar surface area (TPSA) is 50.0 Å². The van der Waals surface area contributed by atoms with E-state index < -0.39 is 0 Å². The second-order valence-electron chi connectivity index (χ2n) is 2.87. The van der Waals surface area contributed by atoms with E-state index in [-0.39, 0.29) is 6.61 Å². The molecule has 0 unspecified atom stereocenters. The third kappa shape index (κ3) is 2.68. The lowest BCUT2D eigenvalue weighted by Gasteiger charge is -2.08. The summed E-state index contributed by atoms with van der Waals surface area (Å²) in [5.74, 6) is 0.960. The van der Waals surface area contributed by atoms with Gasteiger partial charge in [-0.15, -0.1) is 0 Å². The molecule has 0 amide bonds. The van der Waals surface area contributed by atoms with Gasteiger partial charge in [0.15, 0.2) is 5.76 Å². The number of nitrogens with two attached hydrogens (primary N) is 1. The summed E-state index contributed by atoms with van der Waals surface area (Å²) in [6.45, 7) is 3.11. The monoisotopic (exact) mass is 170 g/mol. The van der Waals surface area contributed by atoms with Crippen molar-refractivity contribution in [3.8, 4) is 0 Å². The zero-order chi connectivity index (χ0) is 8.81. The Morgan fingerprint density at radius 2 is 2.50 bits per heavy atom. The van der Waals surface area contributed by atoms with Gasteiger partial charge >= 0.3 is 0 Å². The Morgan fingerprint density at radius 3 is 3.00 bits per heavy atom. The first-order valence-electron chi connectivity index (χ1n) is 4.33. The first-order valence-corrected chi connectivity index (χ1v) is 4.33.